The minimum absolute atomic E-state index is 0.121. The van der Waals surface area contributed by atoms with Gasteiger partial charge in [-0.3, -0.25) is 0 Å². The van der Waals surface area contributed by atoms with E-state index in [9.17, 15) is 8.42 Å². The average molecular weight is 306 g/mol. The Labute approximate surface area is 117 Å². The van der Waals surface area contributed by atoms with Crippen molar-refractivity contribution in [2.75, 3.05) is 33.3 Å². The molecule has 1 aliphatic rings. The largest absolute Gasteiger partial charge is 0.391 e. The van der Waals surface area contributed by atoms with Crippen LogP contribution >= 0.6 is 11.3 Å². The lowest BCUT2D eigenvalue weighted by molar-refractivity contribution is -0.0156. The highest BCUT2D eigenvalue weighted by molar-refractivity contribution is 7.89. The zero-order valence-electron chi connectivity index (χ0n) is 10.7. The predicted octanol–water partition coefficient (Wildman–Crippen LogP) is -0.151. The smallest absolute Gasteiger partial charge is 0.241 e. The van der Waals surface area contributed by atoms with Crippen molar-refractivity contribution < 1.29 is 18.3 Å². The Balaban J connectivity index is 1.93. The van der Waals surface area contributed by atoms with Gasteiger partial charge in [-0.05, 0) is 13.1 Å². The Hall–Kier alpha value is -0.510. The summed E-state index contributed by atoms with van der Waals surface area (Å²) in [5.41, 5.74) is 0. The van der Waals surface area contributed by atoms with E-state index in [1.807, 2.05) is 7.05 Å². The van der Waals surface area contributed by atoms with Crippen molar-refractivity contribution in [1.29, 1.82) is 0 Å². The van der Waals surface area contributed by atoms with Gasteiger partial charge >= 0.3 is 0 Å². The summed E-state index contributed by atoms with van der Waals surface area (Å²) in [7, 11) is -1.53. The van der Waals surface area contributed by atoms with Gasteiger partial charge in [0.15, 0.2) is 0 Å². The van der Waals surface area contributed by atoms with Crippen molar-refractivity contribution in [3.05, 3.63) is 16.3 Å². The van der Waals surface area contributed by atoms with Crippen LogP contribution in [0.15, 0.2) is 16.3 Å². The number of ether oxygens (including phenoxy) is 1. The molecule has 1 aromatic rings. The second-order valence-corrected chi connectivity index (χ2v) is 7.28. The van der Waals surface area contributed by atoms with E-state index in [0.717, 1.165) is 6.54 Å². The first-order valence-electron chi connectivity index (χ1n) is 5.99. The molecule has 1 aromatic heterocycles. The molecule has 1 saturated heterocycles. The Bertz CT molecular complexity index is 515. The van der Waals surface area contributed by atoms with Crippen LogP contribution in [-0.2, 0) is 21.4 Å². The van der Waals surface area contributed by atoms with E-state index in [-0.39, 0.29) is 24.2 Å². The third-order valence-corrected chi connectivity index (χ3v) is 5.41. The highest BCUT2D eigenvalue weighted by Crippen LogP contribution is 2.19. The first kappa shape index (κ1) is 14.9. The summed E-state index contributed by atoms with van der Waals surface area (Å²) < 4.78 is 32.1. The van der Waals surface area contributed by atoms with Crippen LogP contribution in [0.1, 0.15) is 4.88 Å². The van der Waals surface area contributed by atoms with Gasteiger partial charge in [0.2, 0.25) is 10.0 Å². The number of rotatable bonds is 5. The van der Waals surface area contributed by atoms with Gasteiger partial charge in [0.1, 0.15) is 0 Å². The summed E-state index contributed by atoms with van der Waals surface area (Å²) in [6.07, 6.45) is -0.121. The number of hydrogen-bond donors (Lipinski definition) is 2. The highest BCUT2D eigenvalue weighted by atomic mass is 32.2. The number of thiophene rings is 1. The van der Waals surface area contributed by atoms with Gasteiger partial charge in [0, 0.05) is 29.9 Å². The SMILES string of the molecule is CN1CCOC(CNS(=O)(=O)c2csc(CO)c2)C1. The summed E-state index contributed by atoms with van der Waals surface area (Å²) in [6.45, 7) is 2.32. The molecule has 0 bridgehead atoms. The van der Waals surface area contributed by atoms with Gasteiger partial charge in [-0.2, -0.15) is 0 Å². The van der Waals surface area contributed by atoms with E-state index in [1.54, 1.807) is 0 Å². The molecule has 0 amide bonds. The maximum atomic E-state index is 12.0. The normalized spacial score (nSPS) is 21.7. The van der Waals surface area contributed by atoms with Gasteiger partial charge in [0.05, 0.1) is 24.2 Å². The number of nitrogens with one attached hydrogen (secondary N) is 1. The maximum absolute atomic E-state index is 12.0. The Kier molecular flexibility index (Phi) is 4.93. The molecule has 2 rings (SSSR count). The van der Waals surface area contributed by atoms with Crippen LogP contribution in [0.2, 0.25) is 0 Å². The molecule has 0 radical (unpaired) electrons. The molecule has 8 heteroatoms. The zero-order valence-corrected chi connectivity index (χ0v) is 12.3. The number of morpholine rings is 1. The second kappa shape index (κ2) is 6.29. The summed E-state index contributed by atoms with van der Waals surface area (Å²) in [5.74, 6) is 0. The quantitative estimate of drug-likeness (QED) is 0.791. The van der Waals surface area contributed by atoms with Crippen LogP contribution in [-0.4, -0.2) is 57.8 Å². The average Bonchev–Trinajstić information content (AvgIpc) is 2.86. The second-order valence-electron chi connectivity index (χ2n) is 4.51. The van der Waals surface area contributed by atoms with E-state index >= 15 is 0 Å². The van der Waals surface area contributed by atoms with Gasteiger partial charge < -0.3 is 14.7 Å². The van der Waals surface area contributed by atoms with Crippen LogP contribution in [0.4, 0.5) is 0 Å². The molecule has 2 heterocycles. The predicted molar refractivity (Wildman–Crippen MR) is 72.7 cm³/mol. The molecule has 0 saturated carbocycles. The fourth-order valence-electron chi connectivity index (χ4n) is 1.86. The van der Waals surface area contributed by atoms with Crippen molar-refractivity contribution in [1.82, 2.24) is 9.62 Å². The monoisotopic (exact) mass is 306 g/mol. The van der Waals surface area contributed by atoms with E-state index in [1.165, 1.54) is 22.8 Å². The molecule has 6 nitrogen and oxygen atoms in total. The molecule has 0 spiro atoms. The number of aliphatic hydroxyl groups excluding tert-OH is 1. The molecular formula is C11H18N2O4S2. The van der Waals surface area contributed by atoms with Crippen molar-refractivity contribution in [3.63, 3.8) is 0 Å². The molecule has 0 aliphatic carbocycles. The van der Waals surface area contributed by atoms with E-state index in [0.29, 0.717) is 18.0 Å². The number of hydrogen-bond acceptors (Lipinski definition) is 6. The minimum atomic E-state index is -3.52. The lowest BCUT2D eigenvalue weighted by atomic mass is 10.3. The molecule has 108 valence electrons. The van der Waals surface area contributed by atoms with Gasteiger partial charge in [0.25, 0.3) is 0 Å². The molecule has 0 aromatic carbocycles. The van der Waals surface area contributed by atoms with Crippen molar-refractivity contribution in [2.24, 2.45) is 0 Å². The van der Waals surface area contributed by atoms with Crippen molar-refractivity contribution >= 4 is 21.4 Å². The molecule has 1 unspecified atom stereocenters. The van der Waals surface area contributed by atoms with E-state index < -0.39 is 10.0 Å². The number of sulfonamides is 1. The molecule has 1 fully saturated rings. The summed E-state index contributed by atoms with van der Waals surface area (Å²) in [4.78, 5) is 2.94. The highest BCUT2D eigenvalue weighted by Gasteiger charge is 2.22. The fourth-order valence-corrected chi connectivity index (χ4v) is 4.06. The van der Waals surface area contributed by atoms with Crippen molar-refractivity contribution in [3.8, 4) is 0 Å². The topological polar surface area (TPSA) is 78.9 Å². The van der Waals surface area contributed by atoms with Gasteiger partial charge in [-0.15, -0.1) is 11.3 Å². The lowest BCUT2D eigenvalue weighted by Crippen LogP contribution is -2.45. The molecule has 2 N–H and O–H groups in total. The zero-order chi connectivity index (χ0) is 13.9. The van der Waals surface area contributed by atoms with Crippen molar-refractivity contribution in [2.45, 2.75) is 17.6 Å². The standard InChI is InChI=1S/C11H18N2O4S2/c1-13-2-3-17-9(6-13)5-12-19(15,16)11-4-10(7-14)18-8-11/h4,8-9,12,14H,2-3,5-7H2,1H3. The first-order chi connectivity index (χ1) is 9.01. The molecule has 1 aliphatic heterocycles. The third kappa shape index (κ3) is 3.98. The van der Waals surface area contributed by atoms with Crippen LogP contribution in [0.25, 0.3) is 0 Å². The summed E-state index contributed by atoms with van der Waals surface area (Å²) in [5, 5.41) is 10.5. The summed E-state index contributed by atoms with van der Waals surface area (Å²) in [6, 6.07) is 1.49. The Morgan fingerprint density at radius 3 is 3.05 bits per heavy atom. The van der Waals surface area contributed by atoms with Crippen LogP contribution in [0.3, 0.4) is 0 Å². The number of nitrogens with zero attached hydrogens (tertiary/aromatic N) is 1. The first-order valence-corrected chi connectivity index (χ1v) is 8.35. The Morgan fingerprint density at radius 2 is 2.42 bits per heavy atom. The molecule has 19 heavy (non-hydrogen) atoms. The van der Waals surface area contributed by atoms with Crippen LogP contribution < -0.4 is 4.72 Å². The molecular weight excluding hydrogens is 288 g/mol. The number of likely N-dealkylation sites (N-methyl/N-ethyl adjacent to an activating group) is 1. The van der Waals surface area contributed by atoms with Gasteiger partial charge in [-0.25, -0.2) is 13.1 Å². The number of aliphatic hydroxyl groups is 1. The van der Waals surface area contributed by atoms with Crippen LogP contribution in [0, 0.1) is 0 Å². The summed E-state index contributed by atoms with van der Waals surface area (Å²) >= 11 is 1.23. The van der Waals surface area contributed by atoms with Gasteiger partial charge in [-0.1, -0.05) is 0 Å². The lowest BCUT2D eigenvalue weighted by Gasteiger charge is -2.29. The van der Waals surface area contributed by atoms with Crippen LogP contribution in [0.5, 0.6) is 0 Å². The fraction of sp³-hybridized carbons (Fsp3) is 0.636. The maximum Gasteiger partial charge on any atom is 0.241 e. The van der Waals surface area contributed by atoms with E-state index in [4.69, 9.17) is 9.84 Å². The third-order valence-electron chi connectivity index (χ3n) is 2.94. The Morgan fingerprint density at radius 1 is 1.63 bits per heavy atom. The molecule has 1 atom stereocenters. The van der Waals surface area contributed by atoms with E-state index in [2.05, 4.69) is 9.62 Å². The minimum Gasteiger partial charge on any atom is -0.391 e.